The Balaban J connectivity index is 2.18. The van der Waals surface area contributed by atoms with Gasteiger partial charge in [0.2, 0.25) is 0 Å². The molecule has 0 fully saturated rings. The van der Waals surface area contributed by atoms with Crippen LogP contribution in [-0.2, 0) is 6.54 Å². The highest BCUT2D eigenvalue weighted by Gasteiger charge is 2.12. The highest BCUT2D eigenvalue weighted by Crippen LogP contribution is 2.15. The van der Waals surface area contributed by atoms with Gasteiger partial charge in [0.1, 0.15) is 5.69 Å². The number of nitrogens with one attached hydrogen (secondary N) is 1. The molecule has 2 aromatic rings. The zero-order valence-corrected chi connectivity index (χ0v) is 11.1. The minimum Gasteiger partial charge on any atom is -0.342 e. The van der Waals surface area contributed by atoms with Crippen LogP contribution in [0, 0.1) is 0 Å². The van der Waals surface area contributed by atoms with Crippen molar-refractivity contribution in [1.29, 1.82) is 0 Å². The number of aromatic nitrogens is 2. The Morgan fingerprint density at radius 3 is 2.76 bits per heavy atom. The first-order valence-electron chi connectivity index (χ1n) is 5.50. The number of hydrogen-bond donors (Lipinski definition) is 1. The maximum absolute atomic E-state index is 12.0. The summed E-state index contributed by atoms with van der Waals surface area (Å²) >= 11 is 3.39. The van der Waals surface area contributed by atoms with Crippen molar-refractivity contribution in [2.24, 2.45) is 0 Å². The lowest BCUT2D eigenvalue weighted by Crippen LogP contribution is -2.23. The second kappa shape index (κ2) is 5.23. The van der Waals surface area contributed by atoms with E-state index in [-0.39, 0.29) is 5.91 Å². The highest BCUT2D eigenvalue weighted by atomic mass is 79.9. The van der Waals surface area contributed by atoms with Gasteiger partial charge in [0.25, 0.3) is 5.91 Å². The number of hydrogen-bond acceptors (Lipinski definition) is 1. The maximum atomic E-state index is 12.0. The van der Waals surface area contributed by atoms with Crippen molar-refractivity contribution in [2.45, 2.75) is 19.9 Å². The van der Waals surface area contributed by atoms with E-state index in [4.69, 9.17) is 0 Å². The molecule has 4 nitrogen and oxygen atoms in total. The number of aryl methyl sites for hydroxylation is 1. The Hall–Kier alpha value is -1.49. The Bertz CT molecular complexity index is 502. The fourth-order valence-electron chi connectivity index (χ4n) is 1.67. The molecule has 90 valence electrons. The van der Waals surface area contributed by atoms with E-state index in [0.717, 1.165) is 17.4 Å². The molecule has 1 N–H and O–H groups in total. The number of carbonyl (C=O) groups excluding carboxylic acids is 1. The highest BCUT2D eigenvalue weighted by molar-refractivity contribution is 9.10. The van der Waals surface area contributed by atoms with Crippen molar-refractivity contribution in [3.63, 3.8) is 0 Å². The van der Waals surface area contributed by atoms with Crippen LogP contribution in [0.2, 0.25) is 0 Å². The summed E-state index contributed by atoms with van der Waals surface area (Å²) < 4.78 is 4.51. The van der Waals surface area contributed by atoms with Gasteiger partial charge in [-0.15, -0.1) is 0 Å². The van der Waals surface area contributed by atoms with Gasteiger partial charge >= 0.3 is 0 Å². The third-order valence-electron chi connectivity index (χ3n) is 2.40. The summed E-state index contributed by atoms with van der Waals surface area (Å²) in [7, 11) is 0. The number of halogens is 1. The maximum Gasteiger partial charge on any atom is 0.286 e. The van der Waals surface area contributed by atoms with Gasteiger partial charge in [0.05, 0.1) is 0 Å². The lowest BCUT2D eigenvalue weighted by molar-refractivity contribution is 0.0999. The zero-order valence-electron chi connectivity index (χ0n) is 9.56. The van der Waals surface area contributed by atoms with E-state index in [1.165, 1.54) is 0 Å². The molecule has 2 rings (SSSR count). The van der Waals surface area contributed by atoms with Crippen molar-refractivity contribution >= 4 is 21.8 Å². The number of carbonyl (C=O) groups is 1. The first-order valence-corrected chi connectivity index (χ1v) is 6.30. The monoisotopic (exact) mass is 295 g/mol. The Morgan fingerprint density at radius 2 is 2.12 bits per heavy atom. The Morgan fingerprint density at radius 1 is 1.41 bits per heavy atom. The van der Waals surface area contributed by atoms with E-state index in [1.807, 2.05) is 29.0 Å². The molecule has 0 radical (unpaired) electrons. The molecular weight excluding hydrogens is 282 g/mol. The molecule has 0 atom stereocenters. The second-order valence-electron chi connectivity index (χ2n) is 3.77. The average molecular weight is 296 g/mol. The van der Waals surface area contributed by atoms with Crippen LogP contribution in [0.3, 0.4) is 0 Å². The Kier molecular flexibility index (Phi) is 3.68. The van der Waals surface area contributed by atoms with Crippen LogP contribution in [0.15, 0.2) is 41.3 Å². The van der Waals surface area contributed by atoms with Gasteiger partial charge < -0.3 is 4.57 Å². The molecule has 0 aliphatic rings. The molecule has 17 heavy (non-hydrogen) atoms. The van der Waals surface area contributed by atoms with Crippen molar-refractivity contribution in [2.75, 3.05) is 5.43 Å². The smallest absolute Gasteiger partial charge is 0.286 e. The average Bonchev–Trinajstić information content (AvgIpc) is 2.88. The Labute approximate surface area is 108 Å². The van der Waals surface area contributed by atoms with E-state index >= 15 is 0 Å². The second-order valence-corrected chi connectivity index (χ2v) is 4.68. The zero-order chi connectivity index (χ0) is 12.3. The summed E-state index contributed by atoms with van der Waals surface area (Å²) in [5.41, 5.74) is 3.45. The standard InChI is InChI=1S/C12H14BrN3O/c1-2-5-15-9-10(13)8-11(15)12(17)14-16-6-3-4-7-16/h3-4,6-9H,2,5H2,1H3,(H,14,17). The van der Waals surface area contributed by atoms with Crippen molar-refractivity contribution in [3.05, 3.63) is 47.0 Å². The molecule has 0 saturated heterocycles. The van der Waals surface area contributed by atoms with Gasteiger partial charge in [-0.25, -0.2) is 0 Å². The van der Waals surface area contributed by atoms with Crippen LogP contribution in [0.4, 0.5) is 0 Å². The minimum absolute atomic E-state index is 0.111. The predicted octanol–water partition coefficient (Wildman–Crippen LogP) is 2.85. The van der Waals surface area contributed by atoms with E-state index < -0.39 is 0 Å². The van der Waals surface area contributed by atoms with Crippen LogP contribution in [0.5, 0.6) is 0 Å². The van der Waals surface area contributed by atoms with E-state index in [9.17, 15) is 4.79 Å². The third kappa shape index (κ3) is 2.79. The molecular formula is C12H14BrN3O. The summed E-state index contributed by atoms with van der Waals surface area (Å²) in [6.45, 7) is 2.92. The van der Waals surface area contributed by atoms with Crippen molar-refractivity contribution in [1.82, 2.24) is 9.24 Å². The molecule has 2 heterocycles. The van der Waals surface area contributed by atoms with Gasteiger partial charge in [0, 0.05) is 29.6 Å². The number of nitrogens with zero attached hydrogens (tertiary/aromatic N) is 2. The summed E-state index contributed by atoms with van der Waals surface area (Å²) in [4.78, 5) is 12.0. The minimum atomic E-state index is -0.111. The fraction of sp³-hybridized carbons (Fsp3) is 0.250. The summed E-state index contributed by atoms with van der Waals surface area (Å²) in [6, 6.07) is 5.55. The van der Waals surface area contributed by atoms with Gasteiger partial charge in [-0.05, 0) is 40.5 Å². The van der Waals surface area contributed by atoms with E-state index in [2.05, 4.69) is 28.3 Å². The first-order chi connectivity index (χ1) is 8.20. The number of amides is 1. The van der Waals surface area contributed by atoms with E-state index in [1.54, 1.807) is 17.1 Å². The normalized spacial score (nSPS) is 10.5. The topological polar surface area (TPSA) is 39.0 Å². The molecule has 0 bridgehead atoms. The van der Waals surface area contributed by atoms with Crippen molar-refractivity contribution in [3.8, 4) is 0 Å². The largest absolute Gasteiger partial charge is 0.342 e. The molecule has 0 aromatic carbocycles. The predicted molar refractivity (Wildman–Crippen MR) is 70.5 cm³/mol. The SMILES string of the molecule is CCCn1cc(Br)cc1C(=O)Nn1cccc1. The van der Waals surface area contributed by atoms with Gasteiger partial charge in [-0.2, -0.15) is 0 Å². The first kappa shape index (κ1) is 12.0. The summed E-state index contributed by atoms with van der Waals surface area (Å²) in [6.07, 6.45) is 6.50. The fourth-order valence-corrected chi connectivity index (χ4v) is 2.14. The van der Waals surface area contributed by atoms with Gasteiger partial charge in [0.15, 0.2) is 0 Å². The third-order valence-corrected chi connectivity index (χ3v) is 2.83. The van der Waals surface area contributed by atoms with Crippen LogP contribution in [0.25, 0.3) is 0 Å². The molecule has 0 saturated carbocycles. The molecule has 5 heteroatoms. The lowest BCUT2D eigenvalue weighted by Gasteiger charge is -2.09. The summed E-state index contributed by atoms with van der Waals surface area (Å²) in [5.74, 6) is -0.111. The summed E-state index contributed by atoms with van der Waals surface area (Å²) in [5, 5.41) is 0. The number of rotatable bonds is 4. The molecule has 2 aromatic heterocycles. The quantitative estimate of drug-likeness (QED) is 0.925. The molecule has 1 amide bonds. The van der Waals surface area contributed by atoms with Crippen LogP contribution in [-0.4, -0.2) is 15.2 Å². The molecule has 0 aliphatic heterocycles. The van der Waals surface area contributed by atoms with Crippen LogP contribution in [0.1, 0.15) is 23.8 Å². The van der Waals surface area contributed by atoms with Gasteiger partial charge in [-0.3, -0.25) is 14.9 Å². The van der Waals surface area contributed by atoms with Crippen molar-refractivity contribution < 1.29 is 4.79 Å². The van der Waals surface area contributed by atoms with Crippen LogP contribution >= 0.6 is 15.9 Å². The van der Waals surface area contributed by atoms with E-state index in [0.29, 0.717) is 5.69 Å². The van der Waals surface area contributed by atoms with Crippen LogP contribution < -0.4 is 5.43 Å². The molecule has 0 aliphatic carbocycles. The van der Waals surface area contributed by atoms with Gasteiger partial charge in [-0.1, -0.05) is 6.92 Å². The molecule has 0 unspecified atom stereocenters. The lowest BCUT2D eigenvalue weighted by atomic mass is 10.4. The molecule has 0 spiro atoms.